The van der Waals surface area contributed by atoms with Crippen molar-refractivity contribution in [3.63, 3.8) is 0 Å². The van der Waals surface area contributed by atoms with Crippen molar-refractivity contribution in [1.29, 1.82) is 0 Å². The lowest BCUT2D eigenvalue weighted by Gasteiger charge is -2.09. The molecule has 2 rings (SSSR count). The standard InChI is InChI=1S/C12H12Cl2N2O3/c13-8-2-1-7(5-9(8)14)3-4-15-11(17)10-6-19-12(18)16-10/h1-2,5,10H,3-4,6H2,(H,15,17)(H,16,18)/t10-/m1/s1. The number of halogens is 2. The molecule has 1 heterocycles. The molecule has 0 aromatic heterocycles. The van der Waals surface area contributed by atoms with Crippen LogP contribution < -0.4 is 10.6 Å². The van der Waals surface area contributed by atoms with Crippen molar-refractivity contribution in [2.75, 3.05) is 13.2 Å². The van der Waals surface area contributed by atoms with E-state index in [0.717, 1.165) is 5.56 Å². The van der Waals surface area contributed by atoms with E-state index in [9.17, 15) is 9.59 Å². The average molecular weight is 303 g/mol. The first-order valence-corrected chi connectivity index (χ1v) is 6.47. The van der Waals surface area contributed by atoms with Gasteiger partial charge in [0, 0.05) is 6.54 Å². The Balaban J connectivity index is 1.78. The van der Waals surface area contributed by atoms with Crippen molar-refractivity contribution in [2.45, 2.75) is 12.5 Å². The molecule has 102 valence electrons. The average Bonchev–Trinajstić information content (AvgIpc) is 2.80. The first-order valence-electron chi connectivity index (χ1n) is 5.71. The maximum absolute atomic E-state index is 11.6. The van der Waals surface area contributed by atoms with Gasteiger partial charge in [-0.25, -0.2) is 4.79 Å². The van der Waals surface area contributed by atoms with Crippen molar-refractivity contribution >= 4 is 35.2 Å². The second-order valence-corrected chi connectivity index (χ2v) is 4.90. The predicted molar refractivity (Wildman–Crippen MR) is 71.4 cm³/mol. The first-order chi connectivity index (χ1) is 9.06. The summed E-state index contributed by atoms with van der Waals surface area (Å²) in [6.45, 7) is 0.514. The van der Waals surface area contributed by atoms with Crippen LogP contribution in [-0.2, 0) is 16.0 Å². The molecule has 5 nitrogen and oxygen atoms in total. The molecule has 1 saturated heterocycles. The van der Waals surface area contributed by atoms with E-state index in [1.807, 2.05) is 6.07 Å². The Morgan fingerprint density at radius 1 is 1.42 bits per heavy atom. The third-order valence-corrected chi connectivity index (χ3v) is 3.43. The van der Waals surface area contributed by atoms with Crippen LogP contribution in [-0.4, -0.2) is 31.2 Å². The van der Waals surface area contributed by atoms with E-state index < -0.39 is 12.1 Å². The van der Waals surface area contributed by atoms with Crippen molar-refractivity contribution in [3.05, 3.63) is 33.8 Å². The highest BCUT2D eigenvalue weighted by Gasteiger charge is 2.28. The molecule has 0 spiro atoms. The summed E-state index contributed by atoms with van der Waals surface area (Å²) in [5.41, 5.74) is 0.974. The zero-order valence-electron chi connectivity index (χ0n) is 9.91. The van der Waals surface area contributed by atoms with E-state index in [-0.39, 0.29) is 12.5 Å². The number of hydrogen-bond donors (Lipinski definition) is 2. The van der Waals surface area contributed by atoms with E-state index in [4.69, 9.17) is 23.2 Å². The number of nitrogens with one attached hydrogen (secondary N) is 2. The number of cyclic esters (lactones) is 1. The van der Waals surface area contributed by atoms with Crippen LogP contribution in [0.1, 0.15) is 5.56 Å². The van der Waals surface area contributed by atoms with Gasteiger partial charge in [-0.05, 0) is 24.1 Å². The van der Waals surface area contributed by atoms with Gasteiger partial charge in [0.05, 0.1) is 10.0 Å². The normalized spacial score (nSPS) is 17.8. The van der Waals surface area contributed by atoms with Crippen molar-refractivity contribution in [2.24, 2.45) is 0 Å². The molecule has 7 heteroatoms. The number of carbonyl (C=O) groups excluding carboxylic acids is 2. The van der Waals surface area contributed by atoms with Crippen LogP contribution in [0.3, 0.4) is 0 Å². The summed E-state index contributed by atoms with van der Waals surface area (Å²) < 4.78 is 4.64. The van der Waals surface area contributed by atoms with Gasteiger partial charge < -0.3 is 15.4 Å². The zero-order valence-corrected chi connectivity index (χ0v) is 11.4. The number of amides is 2. The van der Waals surface area contributed by atoms with Gasteiger partial charge >= 0.3 is 6.09 Å². The molecule has 0 radical (unpaired) electrons. The molecule has 0 aliphatic carbocycles. The molecule has 1 aromatic rings. The van der Waals surface area contributed by atoms with E-state index >= 15 is 0 Å². The Morgan fingerprint density at radius 3 is 2.84 bits per heavy atom. The number of ether oxygens (including phenoxy) is 1. The summed E-state index contributed by atoms with van der Waals surface area (Å²) in [7, 11) is 0. The van der Waals surface area contributed by atoms with Crippen LogP contribution in [0.15, 0.2) is 18.2 Å². The van der Waals surface area contributed by atoms with Crippen LogP contribution in [0, 0.1) is 0 Å². The molecule has 1 atom stereocenters. The van der Waals surface area contributed by atoms with Crippen LogP contribution in [0.4, 0.5) is 4.79 Å². The Kier molecular flexibility index (Phi) is 4.50. The largest absolute Gasteiger partial charge is 0.447 e. The quantitative estimate of drug-likeness (QED) is 0.890. The lowest BCUT2D eigenvalue weighted by atomic mass is 10.1. The van der Waals surface area contributed by atoms with Crippen molar-refractivity contribution < 1.29 is 14.3 Å². The van der Waals surface area contributed by atoms with Crippen LogP contribution in [0.5, 0.6) is 0 Å². The fraction of sp³-hybridized carbons (Fsp3) is 0.333. The predicted octanol–water partition coefficient (Wildman–Crippen LogP) is 1.76. The smallest absolute Gasteiger partial charge is 0.407 e. The van der Waals surface area contributed by atoms with Crippen LogP contribution in [0.25, 0.3) is 0 Å². The number of rotatable bonds is 4. The highest BCUT2D eigenvalue weighted by Crippen LogP contribution is 2.22. The van der Waals surface area contributed by atoms with Crippen molar-refractivity contribution in [1.82, 2.24) is 10.6 Å². The number of benzene rings is 1. The van der Waals surface area contributed by atoms with E-state index in [1.165, 1.54) is 0 Å². The molecule has 0 saturated carbocycles. The summed E-state index contributed by atoms with van der Waals surface area (Å²) in [4.78, 5) is 22.4. The molecule has 1 fully saturated rings. The van der Waals surface area contributed by atoms with Gasteiger partial charge in [0.25, 0.3) is 0 Å². The maximum atomic E-state index is 11.6. The Hall–Kier alpha value is -1.46. The number of alkyl carbamates (subject to hydrolysis) is 1. The van der Waals surface area contributed by atoms with E-state index in [1.54, 1.807) is 12.1 Å². The Morgan fingerprint density at radius 2 is 2.21 bits per heavy atom. The van der Waals surface area contributed by atoms with Crippen molar-refractivity contribution in [3.8, 4) is 0 Å². The lowest BCUT2D eigenvalue weighted by Crippen LogP contribution is -2.43. The molecule has 1 aliphatic rings. The second-order valence-electron chi connectivity index (χ2n) is 4.08. The molecular weight excluding hydrogens is 291 g/mol. The third kappa shape index (κ3) is 3.75. The summed E-state index contributed by atoms with van der Waals surface area (Å²) in [5.74, 6) is -0.258. The van der Waals surface area contributed by atoms with Gasteiger partial charge in [0.1, 0.15) is 12.6 Å². The monoisotopic (exact) mass is 302 g/mol. The van der Waals surface area contributed by atoms with Gasteiger partial charge in [-0.2, -0.15) is 0 Å². The molecule has 0 unspecified atom stereocenters. The highest BCUT2D eigenvalue weighted by atomic mass is 35.5. The summed E-state index contributed by atoms with van der Waals surface area (Å²) in [5, 5.41) is 6.11. The molecule has 1 aliphatic heterocycles. The fourth-order valence-electron chi connectivity index (χ4n) is 1.67. The van der Waals surface area contributed by atoms with Gasteiger partial charge in [-0.1, -0.05) is 29.3 Å². The molecule has 2 N–H and O–H groups in total. The minimum Gasteiger partial charge on any atom is -0.447 e. The lowest BCUT2D eigenvalue weighted by molar-refractivity contribution is -0.122. The summed E-state index contributed by atoms with van der Waals surface area (Å²) in [6.07, 6.45) is 0.0640. The van der Waals surface area contributed by atoms with Crippen LogP contribution in [0.2, 0.25) is 10.0 Å². The fourth-order valence-corrected chi connectivity index (χ4v) is 1.99. The number of hydrogen-bond acceptors (Lipinski definition) is 3. The minimum absolute atomic E-state index is 0.0669. The SMILES string of the molecule is O=C1N[C@@H](C(=O)NCCc2ccc(Cl)c(Cl)c2)CO1. The summed E-state index contributed by atoms with van der Waals surface area (Å²) >= 11 is 11.7. The Bertz CT molecular complexity index is 508. The second kappa shape index (κ2) is 6.12. The first kappa shape index (κ1) is 14.0. The molecule has 1 aromatic carbocycles. The number of carbonyl (C=O) groups is 2. The summed E-state index contributed by atoms with van der Waals surface area (Å²) in [6, 6.07) is 4.71. The van der Waals surface area contributed by atoms with Gasteiger partial charge in [-0.3, -0.25) is 4.79 Å². The minimum atomic E-state index is -0.610. The zero-order chi connectivity index (χ0) is 13.8. The van der Waals surface area contributed by atoms with E-state index in [0.29, 0.717) is 23.0 Å². The third-order valence-electron chi connectivity index (χ3n) is 2.69. The molecule has 19 heavy (non-hydrogen) atoms. The van der Waals surface area contributed by atoms with Crippen LogP contribution >= 0.6 is 23.2 Å². The van der Waals surface area contributed by atoms with E-state index in [2.05, 4.69) is 15.4 Å². The topological polar surface area (TPSA) is 67.4 Å². The molecule has 0 bridgehead atoms. The van der Waals surface area contributed by atoms with Gasteiger partial charge in [0.15, 0.2) is 0 Å². The Labute approximate surface area is 120 Å². The molecule has 2 amide bonds. The van der Waals surface area contributed by atoms with Gasteiger partial charge in [-0.15, -0.1) is 0 Å². The maximum Gasteiger partial charge on any atom is 0.407 e. The van der Waals surface area contributed by atoms with Gasteiger partial charge in [0.2, 0.25) is 5.91 Å². The molecular formula is C12H12Cl2N2O3. The highest BCUT2D eigenvalue weighted by molar-refractivity contribution is 6.42.